The lowest BCUT2D eigenvalue weighted by Crippen LogP contribution is -2.47. The average Bonchev–Trinajstić information content (AvgIpc) is 2.51. The van der Waals surface area contributed by atoms with Crippen molar-refractivity contribution in [3.05, 3.63) is 28.2 Å². The third-order valence-electron chi connectivity index (χ3n) is 2.95. The van der Waals surface area contributed by atoms with Crippen LogP contribution in [0.2, 0.25) is 10.0 Å². The van der Waals surface area contributed by atoms with Gasteiger partial charge >= 0.3 is 0 Å². The van der Waals surface area contributed by atoms with Gasteiger partial charge in [-0.25, -0.2) is 0 Å². The maximum absolute atomic E-state index is 12.4. The van der Waals surface area contributed by atoms with Gasteiger partial charge in [0, 0.05) is 18.1 Å². The van der Waals surface area contributed by atoms with E-state index in [0.29, 0.717) is 42.0 Å². The molecule has 1 amide bonds. The number of halogens is 2. The van der Waals surface area contributed by atoms with E-state index >= 15 is 0 Å². The van der Waals surface area contributed by atoms with Gasteiger partial charge in [0.1, 0.15) is 4.99 Å². The molecule has 1 aliphatic heterocycles. The molecule has 118 valence electrons. The van der Waals surface area contributed by atoms with Crippen molar-refractivity contribution in [2.24, 2.45) is 10.8 Å². The predicted molar refractivity (Wildman–Crippen MR) is 91.7 cm³/mol. The van der Waals surface area contributed by atoms with Gasteiger partial charge in [0.25, 0.3) is 5.91 Å². The topological polar surface area (TPSA) is 79.9 Å². The van der Waals surface area contributed by atoms with E-state index in [9.17, 15) is 4.79 Å². The summed E-state index contributed by atoms with van der Waals surface area (Å²) in [4.78, 5) is 13.9. The Bertz CT molecular complexity index is 618. The molecule has 0 unspecified atom stereocenters. The van der Waals surface area contributed by atoms with Gasteiger partial charge in [-0.1, -0.05) is 35.4 Å². The van der Waals surface area contributed by atoms with E-state index in [2.05, 4.69) is 10.5 Å². The van der Waals surface area contributed by atoms with Crippen LogP contribution in [0.25, 0.3) is 0 Å². The van der Waals surface area contributed by atoms with Crippen LogP contribution in [0.4, 0.5) is 5.69 Å². The van der Waals surface area contributed by atoms with Crippen LogP contribution < -0.4 is 11.2 Å². The fraction of sp³-hybridized carbons (Fsp3) is 0.308. The molecular weight excluding hydrogens is 347 g/mol. The van der Waals surface area contributed by atoms with Crippen LogP contribution in [0.15, 0.2) is 23.3 Å². The van der Waals surface area contributed by atoms with E-state index in [0.717, 1.165) is 0 Å². The Kier molecular flexibility index (Phi) is 5.96. The molecule has 1 aromatic carbocycles. The van der Waals surface area contributed by atoms with Crippen molar-refractivity contribution in [2.45, 2.75) is 0 Å². The maximum atomic E-state index is 12.4. The molecule has 0 aliphatic carbocycles. The molecule has 1 aromatic rings. The van der Waals surface area contributed by atoms with Gasteiger partial charge in [0.2, 0.25) is 0 Å². The van der Waals surface area contributed by atoms with Crippen molar-refractivity contribution in [2.75, 3.05) is 31.7 Å². The van der Waals surface area contributed by atoms with Crippen LogP contribution in [0, 0.1) is 0 Å². The maximum Gasteiger partial charge on any atom is 0.277 e. The normalized spacial score (nSPS) is 15.5. The molecule has 0 saturated carbocycles. The first-order valence-electron chi connectivity index (χ1n) is 6.44. The molecule has 22 heavy (non-hydrogen) atoms. The first-order valence-corrected chi connectivity index (χ1v) is 7.61. The fourth-order valence-electron chi connectivity index (χ4n) is 1.82. The number of morpholine rings is 1. The molecular formula is C13H14Cl2N4O2S. The van der Waals surface area contributed by atoms with Crippen molar-refractivity contribution >= 4 is 57.7 Å². The number of hydrazone groups is 1. The second kappa shape index (κ2) is 7.73. The van der Waals surface area contributed by atoms with E-state index in [1.54, 1.807) is 23.1 Å². The first kappa shape index (κ1) is 17.0. The van der Waals surface area contributed by atoms with Crippen molar-refractivity contribution in [1.82, 2.24) is 4.90 Å². The number of thiocarbonyl (C=S) groups is 1. The molecule has 6 nitrogen and oxygen atoms in total. The zero-order valence-electron chi connectivity index (χ0n) is 11.5. The highest BCUT2D eigenvalue weighted by molar-refractivity contribution is 7.82. The lowest BCUT2D eigenvalue weighted by atomic mass is 10.3. The van der Waals surface area contributed by atoms with Crippen LogP contribution in [0.1, 0.15) is 0 Å². The average molecular weight is 361 g/mol. The molecule has 1 aliphatic rings. The van der Waals surface area contributed by atoms with E-state index in [-0.39, 0.29) is 16.6 Å². The van der Waals surface area contributed by atoms with Crippen molar-refractivity contribution in [1.29, 1.82) is 0 Å². The largest absolute Gasteiger partial charge is 0.388 e. The van der Waals surface area contributed by atoms with Crippen LogP contribution in [0.5, 0.6) is 0 Å². The van der Waals surface area contributed by atoms with Crippen LogP contribution in [-0.4, -0.2) is 47.8 Å². The van der Waals surface area contributed by atoms with Gasteiger partial charge in [0.05, 0.1) is 23.9 Å². The molecule has 0 atom stereocenters. The minimum Gasteiger partial charge on any atom is -0.388 e. The molecule has 1 fully saturated rings. The molecule has 0 aromatic heterocycles. The van der Waals surface area contributed by atoms with Crippen LogP contribution in [-0.2, 0) is 9.53 Å². The Morgan fingerprint density at radius 2 is 2.05 bits per heavy atom. The van der Waals surface area contributed by atoms with Gasteiger partial charge < -0.3 is 15.4 Å². The van der Waals surface area contributed by atoms with Gasteiger partial charge in [-0.3, -0.25) is 10.2 Å². The third-order valence-corrected chi connectivity index (χ3v) is 3.71. The number of nitrogens with two attached hydrogens (primary N) is 1. The number of anilines is 1. The molecule has 0 spiro atoms. The summed E-state index contributed by atoms with van der Waals surface area (Å²) in [6, 6.07) is 4.85. The molecule has 1 heterocycles. The standard InChI is InChI=1S/C13H14Cl2N4O2S/c14-8-1-2-9(15)10(7-8)17-18-11(12(16)22)13(20)19-3-5-21-6-4-19/h1-2,7,17H,3-6H2,(H2,16,22)/b18-11+. The molecule has 0 radical (unpaired) electrons. The number of benzene rings is 1. The summed E-state index contributed by atoms with van der Waals surface area (Å²) in [5.74, 6) is -0.346. The van der Waals surface area contributed by atoms with E-state index in [1.807, 2.05) is 0 Å². The fourth-order valence-corrected chi connectivity index (χ4v) is 2.29. The summed E-state index contributed by atoms with van der Waals surface area (Å²) in [7, 11) is 0. The lowest BCUT2D eigenvalue weighted by molar-refractivity contribution is -0.127. The first-order chi connectivity index (χ1) is 10.5. The zero-order chi connectivity index (χ0) is 16.1. The Morgan fingerprint density at radius 3 is 2.68 bits per heavy atom. The number of nitrogens with zero attached hydrogens (tertiary/aromatic N) is 2. The summed E-state index contributed by atoms with van der Waals surface area (Å²) in [5, 5.41) is 4.89. The number of hydrogen-bond acceptors (Lipinski definition) is 5. The number of nitrogens with one attached hydrogen (secondary N) is 1. The third kappa shape index (κ3) is 4.30. The Hall–Kier alpha value is -1.41. The second-order valence-electron chi connectivity index (χ2n) is 4.47. The molecule has 3 N–H and O–H groups in total. The highest BCUT2D eigenvalue weighted by Crippen LogP contribution is 2.25. The molecule has 9 heteroatoms. The number of carbonyl (C=O) groups excluding carboxylic acids is 1. The summed E-state index contributed by atoms with van der Waals surface area (Å²) < 4.78 is 5.20. The number of ether oxygens (including phenoxy) is 1. The van der Waals surface area contributed by atoms with Gasteiger partial charge in [-0.15, -0.1) is 0 Å². The summed E-state index contributed by atoms with van der Waals surface area (Å²) in [6.45, 7) is 1.89. The quantitative estimate of drug-likeness (QED) is 0.487. The zero-order valence-corrected chi connectivity index (χ0v) is 13.8. The van der Waals surface area contributed by atoms with Crippen LogP contribution in [0.3, 0.4) is 0 Å². The molecule has 1 saturated heterocycles. The minimum atomic E-state index is -0.346. The lowest BCUT2D eigenvalue weighted by Gasteiger charge is -2.26. The second-order valence-corrected chi connectivity index (χ2v) is 5.75. The Morgan fingerprint density at radius 1 is 1.36 bits per heavy atom. The molecule has 2 rings (SSSR count). The smallest absolute Gasteiger partial charge is 0.277 e. The van der Waals surface area contributed by atoms with Crippen molar-refractivity contribution in [3.8, 4) is 0 Å². The number of amides is 1. The highest BCUT2D eigenvalue weighted by Gasteiger charge is 2.24. The Labute approximate surface area is 143 Å². The highest BCUT2D eigenvalue weighted by atomic mass is 35.5. The number of hydrogen-bond donors (Lipinski definition) is 2. The van der Waals surface area contributed by atoms with Crippen LogP contribution >= 0.6 is 35.4 Å². The predicted octanol–water partition coefficient (Wildman–Crippen LogP) is 1.91. The monoisotopic (exact) mass is 360 g/mol. The van der Waals surface area contributed by atoms with E-state index < -0.39 is 0 Å². The van der Waals surface area contributed by atoms with E-state index in [1.165, 1.54) is 0 Å². The SMILES string of the molecule is NC(=S)/C(=N\Nc1cc(Cl)ccc1Cl)C(=O)N1CCOCC1. The Balaban J connectivity index is 2.18. The summed E-state index contributed by atoms with van der Waals surface area (Å²) in [5.41, 5.74) is 8.70. The number of carbonyl (C=O) groups is 1. The summed E-state index contributed by atoms with van der Waals surface area (Å²) >= 11 is 16.8. The van der Waals surface area contributed by atoms with Gasteiger partial charge in [-0.05, 0) is 18.2 Å². The minimum absolute atomic E-state index is 0.0343. The number of rotatable bonds is 4. The molecule has 0 bridgehead atoms. The van der Waals surface area contributed by atoms with Gasteiger partial charge in [0.15, 0.2) is 5.71 Å². The van der Waals surface area contributed by atoms with E-state index in [4.69, 9.17) is 45.9 Å². The van der Waals surface area contributed by atoms with Crippen molar-refractivity contribution < 1.29 is 9.53 Å². The van der Waals surface area contributed by atoms with Gasteiger partial charge in [-0.2, -0.15) is 5.10 Å². The van der Waals surface area contributed by atoms with Crippen molar-refractivity contribution in [3.63, 3.8) is 0 Å². The summed E-state index contributed by atoms with van der Waals surface area (Å²) in [6.07, 6.45) is 0.